The lowest BCUT2D eigenvalue weighted by Crippen LogP contribution is -2.57. The van der Waals surface area contributed by atoms with Crippen molar-refractivity contribution in [3.8, 4) is 5.75 Å². The van der Waals surface area contributed by atoms with Crippen LogP contribution in [0.1, 0.15) is 18.4 Å². The summed E-state index contributed by atoms with van der Waals surface area (Å²) in [5.41, 5.74) is 11.4. The number of aliphatic carboxylic acids is 2. The van der Waals surface area contributed by atoms with Crippen molar-refractivity contribution in [3.63, 3.8) is 0 Å². The predicted octanol–water partition coefficient (Wildman–Crippen LogP) is -3.22. The summed E-state index contributed by atoms with van der Waals surface area (Å²) in [7, 11) is 0. The van der Waals surface area contributed by atoms with Crippen LogP contribution in [0.4, 0.5) is 0 Å². The first-order valence-electron chi connectivity index (χ1n) is 9.52. The number of phenolic OH excluding ortho intramolecular Hbond substituents is 1. The average Bonchev–Trinajstić information content (AvgIpc) is 2.71. The van der Waals surface area contributed by atoms with Crippen LogP contribution in [0.3, 0.4) is 0 Å². The molecule has 0 aliphatic heterocycles. The van der Waals surface area contributed by atoms with E-state index in [9.17, 15) is 33.9 Å². The molecular weight excluding hydrogens is 442 g/mol. The van der Waals surface area contributed by atoms with Crippen LogP contribution in [0.2, 0.25) is 0 Å². The third-order valence-corrected chi connectivity index (χ3v) is 4.19. The van der Waals surface area contributed by atoms with E-state index < -0.39 is 73.1 Å². The van der Waals surface area contributed by atoms with Gasteiger partial charge in [0.2, 0.25) is 23.6 Å². The zero-order valence-electron chi connectivity index (χ0n) is 17.3. The van der Waals surface area contributed by atoms with Gasteiger partial charge in [-0.3, -0.25) is 28.8 Å². The first-order chi connectivity index (χ1) is 15.4. The number of aromatic hydroxyl groups is 1. The molecule has 33 heavy (non-hydrogen) atoms. The molecule has 1 aromatic rings. The van der Waals surface area contributed by atoms with Gasteiger partial charge in [-0.15, -0.1) is 0 Å². The van der Waals surface area contributed by atoms with E-state index in [1.807, 2.05) is 5.32 Å². The largest absolute Gasteiger partial charge is 0.508 e. The van der Waals surface area contributed by atoms with Crippen molar-refractivity contribution in [2.75, 3.05) is 6.54 Å². The molecule has 1 rings (SSSR count). The highest BCUT2D eigenvalue weighted by molar-refractivity contribution is 5.96. The molecule has 4 amide bonds. The Morgan fingerprint density at radius 2 is 1.36 bits per heavy atom. The summed E-state index contributed by atoms with van der Waals surface area (Å²) < 4.78 is 0. The van der Waals surface area contributed by atoms with Gasteiger partial charge < -0.3 is 42.7 Å². The summed E-state index contributed by atoms with van der Waals surface area (Å²) in [6.07, 6.45) is -1.57. The monoisotopic (exact) mass is 467 g/mol. The van der Waals surface area contributed by atoms with Crippen molar-refractivity contribution in [1.82, 2.24) is 16.0 Å². The fourth-order valence-corrected chi connectivity index (χ4v) is 2.61. The van der Waals surface area contributed by atoms with Crippen molar-refractivity contribution >= 4 is 35.6 Å². The number of carboxylic acids is 2. The van der Waals surface area contributed by atoms with E-state index in [4.69, 9.17) is 21.7 Å². The summed E-state index contributed by atoms with van der Waals surface area (Å²) in [6, 6.07) is 1.36. The van der Waals surface area contributed by atoms with Gasteiger partial charge in [0.15, 0.2) is 0 Å². The normalized spacial score (nSPS) is 13.1. The summed E-state index contributed by atoms with van der Waals surface area (Å²) in [5.74, 6) is -6.87. The highest BCUT2D eigenvalue weighted by atomic mass is 16.4. The number of nitrogens with two attached hydrogens (primary N) is 2. The van der Waals surface area contributed by atoms with Crippen LogP contribution >= 0.6 is 0 Å². The van der Waals surface area contributed by atoms with Crippen molar-refractivity contribution in [3.05, 3.63) is 29.8 Å². The first-order valence-corrected chi connectivity index (χ1v) is 9.52. The molecule has 0 spiro atoms. The molecular formula is C19H25N5O9. The van der Waals surface area contributed by atoms with E-state index >= 15 is 0 Å². The maximum absolute atomic E-state index is 12.6. The van der Waals surface area contributed by atoms with Crippen LogP contribution in [0.25, 0.3) is 0 Å². The minimum Gasteiger partial charge on any atom is -0.508 e. The SMILES string of the molecule is NC(=O)CC(NC(=O)C(CC(=O)O)NC(=O)C(N)Cc1ccc(O)cc1)C(=O)NCC(=O)O. The molecule has 0 aliphatic rings. The highest BCUT2D eigenvalue weighted by Crippen LogP contribution is 2.11. The Bertz CT molecular complexity index is 903. The average molecular weight is 467 g/mol. The van der Waals surface area contributed by atoms with E-state index in [1.54, 1.807) is 0 Å². The minimum atomic E-state index is -1.66. The molecule has 3 unspecified atom stereocenters. The van der Waals surface area contributed by atoms with E-state index in [-0.39, 0.29) is 12.2 Å². The van der Waals surface area contributed by atoms with Gasteiger partial charge in [-0.05, 0) is 24.1 Å². The number of carboxylic acid groups (broad SMARTS) is 2. The van der Waals surface area contributed by atoms with Gasteiger partial charge in [0.1, 0.15) is 24.4 Å². The van der Waals surface area contributed by atoms with Gasteiger partial charge in [-0.2, -0.15) is 0 Å². The Morgan fingerprint density at radius 1 is 0.818 bits per heavy atom. The summed E-state index contributed by atoms with van der Waals surface area (Å²) in [4.78, 5) is 70.0. The van der Waals surface area contributed by atoms with Crippen LogP contribution in [-0.2, 0) is 35.2 Å². The van der Waals surface area contributed by atoms with Crippen molar-refractivity contribution in [2.45, 2.75) is 37.4 Å². The Balaban J connectivity index is 2.89. The standard InChI is InChI=1S/C19H25N5O9/c20-11(5-9-1-3-10(25)4-2-9)17(31)23-13(7-15(27)28)19(33)24-12(6-14(21)26)18(32)22-8-16(29)30/h1-4,11-13,25H,5-8,20H2,(H2,21,26)(H,22,32)(H,23,31)(H,24,33)(H,27,28)(H,29,30). The number of amides is 4. The van der Waals surface area contributed by atoms with Crippen molar-refractivity contribution < 1.29 is 44.1 Å². The topological polar surface area (TPSA) is 251 Å². The molecule has 0 bridgehead atoms. The summed E-state index contributed by atoms with van der Waals surface area (Å²) >= 11 is 0. The smallest absolute Gasteiger partial charge is 0.322 e. The Kier molecular flexibility index (Phi) is 10.3. The van der Waals surface area contributed by atoms with Gasteiger partial charge in [0, 0.05) is 0 Å². The fourth-order valence-electron chi connectivity index (χ4n) is 2.61. The van der Waals surface area contributed by atoms with Crippen LogP contribution in [0.5, 0.6) is 5.75 Å². The number of benzene rings is 1. The number of hydrogen-bond acceptors (Lipinski definition) is 8. The highest BCUT2D eigenvalue weighted by Gasteiger charge is 2.30. The molecule has 14 nitrogen and oxygen atoms in total. The van der Waals surface area contributed by atoms with E-state index in [0.29, 0.717) is 5.56 Å². The molecule has 0 aromatic heterocycles. The van der Waals surface area contributed by atoms with Gasteiger partial charge in [0.05, 0.1) is 18.9 Å². The van der Waals surface area contributed by atoms with Crippen LogP contribution in [0.15, 0.2) is 24.3 Å². The molecule has 0 fully saturated rings. The number of rotatable bonds is 13. The molecule has 0 saturated carbocycles. The maximum Gasteiger partial charge on any atom is 0.322 e. The number of hydrogen-bond donors (Lipinski definition) is 8. The molecule has 0 radical (unpaired) electrons. The second-order valence-electron chi connectivity index (χ2n) is 6.98. The maximum atomic E-state index is 12.6. The Morgan fingerprint density at radius 3 is 1.88 bits per heavy atom. The second-order valence-corrected chi connectivity index (χ2v) is 6.98. The zero-order chi connectivity index (χ0) is 25.1. The third kappa shape index (κ3) is 10.1. The molecule has 10 N–H and O–H groups in total. The Labute approximate surface area is 187 Å². The molecule has 14 heteroatoms. The van der Waals surface area contributed by atoms with Crippen LogP contribution in [0, 0.1) is 0 Å². The quantitative estimate of drug-likeness (QED) is 0.144. The van der Waals surface area contributed by atoms with Crippen molar-refractivity contribution in [2.24, 2.45) is 11.5 Å². The van der Waals surface area contributed by atoms with Crippen molar-refractivity contribution in [1.29, 1.82) is 0 Å². The van der Waals surface area contributed by atoms with Gasteiger partial charge in [-0.25, -0.2) is 0 Å². The second kappa shape index (κ2) is 12.6. The zero-order valence-corrected chi connectivity index (χ0v) is 17.3. The number of carbonyl (C=O) groups excluding carboxylic acids is 4. The van der Waals surface area contributed by atoms with Gasteiger partial charge in [-0.1, -0.05) is 12.1 Å². The fraction of sp³-hybridized carbons (Fsp3) is 0.368. The molecule has 0 aliphatic carbocycles. The summed E-state index contributed by atoms with van der Waals surface area (Å²) in [5, 5.41) is 33.2. The number of primary amides is 1. The third-order valence-electron chi connectivity index (χ3n) is 4.19. The number of carbonyl (C=O) groups is 6. The lowest BCUT2D eigenvalue weighted by molar-refractivity contribution is -0.142. The van der Waals surface area contributed by atoms with Crippen LogP contribution < -0.4 is 27.4 Å². The number of phenols is 1. The van der Waals surface area contributed by atoms with E-state index in [0.717, 1.165) is 0 Å². The molecule has 1 aromatic carbocycles. The van der Waals surface area contributed by atoms with Crippen LogP contribution in [-0.4, -0.2) is 75.6 Å². The molecule has 0 saturated heterocycles. The predicted molar refractivity (Wildman–Crippen MR) is 110 cm³/mol. The lowest BCUT2D eigenvalue weighted by Gasteiger charge is -2.22. The molecule has 180 valence electrons. The summed E-state index contributed by atoms with van der Waals surface area (Å²) in [6.45, 7) is -0.800. The van der Waals surface area contributed by atoms with E-state index in [2.05, 4.69) is 10.6 Å². The lowest BCUT2D eigenvalue weighted by atomic mass is 10.0. The molecule has 3 atom stereocenters. The first kappa shape index (κ1) is 26.8. The molecule has 0 heterocycles. The van der Waals surface area contributed by atoms with E-state index in [1.165, 1.54) is 24.3 Å². The van der Waals surface area contributed by atoms with Gasteiger partial charge >= 0.3 is 11.9 Å². The minimum absolute atomic E-state index is 0.00729. The number of nitrogens with one attached hydrogen (secondary N) is 3. The Hall–Kier alpha value is -4.20. The van der Waals surface area contributed by atoms with Gasteiger partial charge in [0.25, 0.3) is 0 Å².